The van der Waals surface area contributed by atoms with E-state index in [0.29, 0.717) is 24.6 Å². The van der Waals surface area contributed by atoms with E-state index in [4.69, 9.17) is 14.2 Å². The number of aliphatic hydroxyl groups excluding tert-OH is 2. The number of hydrogen-bond acceptors (Lipinski definition) is 13. The molecular weight excluding hydrogens is 775 g/mol. The number of piperidine rings is 5. The monoisotopic (exact) mass is 870 g/mol. The second kappa shape index (κ2) is 30.3. The number of hydrogen-bond donors (Lipinski definition) is 2. The van der Waals surface area contributed by atoms with Crippen molar-refractivity contribution in [1.82, 2.24) is 24.5 Å². The van der Waals surface area contributed by atoms with Crippen LogP contribution < -0.4 is 0 Å². The molecule has 360 valence electrons. The summed E-state index contributed by atoms with van der Waals surface area (Å²) >= 11 is 0. The molecule has 61 heavy (non-hydrogen) atoms. The van der Waals surface area contributed by atoms with Crippen LogP contribution in [0.5, 0.6) is 0 Å². The quantitative estimate of drug-likeness (QED) is 0.138. The predicted molar refractivity (Wildman–Crippen MR) is 247 cm³/mol. The number of aliphatic hydroxyl groups is 2. The molecule has 4 atom stereocenters. The van der Waals surface area contributed by atoms with E-state index in [1.807, 2.05) is 13.8 Å². The van der Waals surface area contributed by atoms with Gasteiger partial charge in [-0.25, -0.2) is 9.59 Å². The van der Waals surface area contributed by atoms with Crippen molar-refractivity contribution in [2.75, 3.05) is 45.8 Å². The smallest absolute Gasteiger partial charge is 0.463 e. The third-order valence-corrected chi connectivity index (χ3v) is 12.4. The zero-order valence-corrected chi connectivity index (χ0v) is 41.6. The summed E-state index contributed by atoms with van der Waals surface area (Å²) in [5, 5.41) is 18.6. The molecular formula is C48H95N5O8. The first-order chi connectivity index (χ1) is 28.6. The Balaban J connectivity index is 0.000000392. The molecule has 5 heterocycles. The molecule has 5 aliphatic heterocycles. The van der Waals surface area contributed by atoms with Crippen LogP contribution in [0.3, 0.4) is 0 Å². The van der Waals surface area contributed by atoms with Gasteiger partial charge in [-0.3, -0.25) is 24.4 Å². The first-order valence-corrected chi connectivity index (χ1v) is 24.2. The van der Waals surface area contributed by atoms with Crippen molar-refractivity contribution in [2.24, 2.45) is 0 Å². The van der Waals surface area contributed by atoms with Crippen molar-refractivity contribution >= 4 is 18.6 Å². The fraction of sp³-hybridized carbons (Fsp3) is 0.938. The standard InChI is InChI=1S/C14H25NO4.C9H17NO2.C9H19N.2C8H17NO/c1-10(2)15-9-7-6-8-11(15)12(16)18-13(17)19-14(3,4)5;1-8(2)10-5-3-4-9(6-10)12-7-11;1-8(2)10-7-5-4-6-9(10)3;1-7(2)9-5-3-8(10)4-6-9;1-7(2)9-6-4-3-5-8(9)10/h10-11H,6-9H2,1-5H3;7-9H,3-6H2,1-2H3;8-9H,4-7H2,1-3H3;2*7-8,10H,3-6H2,1-2H3. The van der Waals surface area contributed by atoms with Crippen molar-refractivity contribution in [3.63, 3.8) is 0 Å². The maximum absolute atomic E-state index is 12.0. The fourth-order valence-electron chi connectivity index (χ4n) is 8.70. The van der Waals surface area contributed by atoms with Gasteiger partial charge in [0.1, 0.15) is 24.0 Å². The van der Waals surface area contributed by atoms with Crippen LogP contribution in [0.2, 0.25) is 0 Å². The third-order valence-electron chi connectivity index (χ3n) is 12.4. The molecule has 0 spiro atoms. The van der Waals surface area contributed by atoms with Crippen LogP contribution in [0.25, 0.3) is 0 Å². The molecule has 5 fully saturated rings. The Hall–Kier alpha value is -1.87. The summed E-state index contributed by atoms with van der Waals surface area (Å²) in [6, 6.07) is 3.20. The van der Waals surface area contributed by atoms with Gasteiger partial charge < -0.3 is 29.3 Å². The topological polar surface area (TPSA) is 136 Å². The number of esters is 1. The number of nitrogens with zero attached hydrogens (tertiary/aromatic N) is 5. The molecule has 5 aliphatic rings. The molecule has 0 saturated carbocycles. The first kappa shape index (κ1) is 57.1. The minimum Gasteiger partial charge on any atom is -0.463 e. The van der Waals surface area contributed by atoms with E-state index in [0.717, 1.165) is 103 Å². The summed E-state index contributed by atoms with van der Waals surface area (Å²) in [7, 11) is 0. The van der Waals surface area contributed by atoms with Gasteiger partial charge in [0.15, 0.2) is 0 Å². The molecule has 5 saturated heterocycles. The zero-order valence-electron chi connectivity index (χ0n) is 41.6. The number of carbonyl (C=O) groups excluding carboxylic acids is 3. The van der Waals surface area contributed by atoms with Gasteiger partial charge in [0.2, 0.25) is 0 Å². The number of likely N-dealkylation sites (tertiary alicyclic amines) is 5. The molecule has 0 aromatic rings. The molecule has 0 aromatic carbocycles. The number of carbonyl (C=O) groups is 3. The average Bonchev–Trinajstić information content (AvgIpc) is 3.18. The summed E-state index contributed by atoms with van der Waals surface area (Å²) in [6.45, 7) is 37.2. The van der Waals surface area contributed by atoms with Crippen LogP contribution in [0.15, 0.2) is 0 Å². The van der Waals surface area contributed by atoms with E-state index in [1.165, 1.54) is 38.6 Å². The Kier molecular flexibility index (Phi) is 28.4. The van der Waals surface area contributed by atoms with Gasteiger partial charge in [-0.1, -0.05) is 12.8 Å². The molecule has 2 N–H and O–H groups in total. The molecule has 4 unspecified atom stereocenters. The molecule has 5 rings (SSSR count). The Morgan fingerprint density at radius 3 is 1.54 bits per heavy atom. The molecule has 13 heteroatoms. The highest BCUT2D eigenvalue weighted by Gasteiger charge is 2.34. The lowest BCUT2D eigenvalue weighted by molar-refractivity contribution is -0.150. The van der Waals surface area contributed by atoms with E-state index in [1.54, 1.807) is 20.8 Å². The Morgan fingerprint density at radius 2 is 1.10 bits per heavy atom. The first-order valence-electron chi connectivity index (χ1n) is 24.2. The van der Waals surface area contributed by atoms with E-state index in [-0.39, 0.29) is 30.5 Å². The molecule has 13 nitrogen and oxygen atoms in total. The Morgan fingerprint density at radius 1 is 0.590 bits per heavy atom. The maximum Gasteiger partial charge on any atom is 0.516 e. The van der Waals surface area contributed by atoms with Gasteiger partial charge in [0.05, 0.1) is 6.10 Å². The van der Waals surface area contributed by atoms with Gasteiger partial charge >= 0.3 is 12.1 Å². The summed E-state index contributed by atoms with van der Waals surface area (Å²) in [5.74, 6) is -0.498. The predicted octanol–water partition coefficient (Wildman–Crippen LogP) is 8.08. The Labute approximate surface area is 373 Å². The largest absolute Gasteiger partial charge is 0.516 e. The Bertz CT molecular complexity index is 1150. The van der Waals surface area contributed by atoms with Gasteiger partial charge in [-0.05, 0) is 187 Å². The van der Waals surface area contributed by atoms with E-state index in [9.17, 15) is 24.6 Å². The highest BCUT2D eigenvalue weighted by Crippen LogP contribution is 2.22. The minimum absolute atomic E-state index is 0.0324. The average molecular weight is 870 g/mol. The summed E-state index contributed by atoms with van der Waals surface area (Å²) in [6.07, 6.45) is 13.5. The van der Waals surface area contributed by atoms with Crippen molar-refractivity contribution in [3.8, 4) is 0 Å². The van der Waals surface area contributed by atoms with E-state index >= 15 is 0 Å². The highest BCUT2D eigenvalue weighted by molar-refractivity contribution is 5.85. The minimum atomic E-state index is -0.910. The maximum atomic E-state index is 12.0. The van der Waals surface area contributed by atoms with Crippen LogP contribution in [-0.2, 0) is 23.8 Å². The van der Waals surface area contributed by atoms with Crippen molar-refractivity contribution in [1.29, 1.82) is 0 Å². The second-order valence-electron chi connectivity index (χ2n) is 20.2. The van der Waals surface area contributed by atoms with Gasteiger partial charge in [0.25, 0.3) is 6.47 Å². The van der Waals surface area contributed by atoms with Crippen LogP contribution in [0.1, 0.15) is 180 Å². The molecule has 0 aromatic heterocycles. The second-order valence-corrected chi connectivity index (χ2v) is 20.2. The lowest BCUT2D eigenvalue weighted by Gasteiger charge is -2.36. The van der Waals surface area contributed by atoms with Crippen LogP contribution in [0, 0.1) is 0 Å². The highest BCUT2D eigenvalue weighted by atomic mass is 16.7. The van der Waals surface area contributed by atoms with Gasteiger partial charge in [-0.2, -0.15) is 0 Å². The third kappa shape index (κ3) is 24.1. The van der Waals surface area contributed by atoms with Crippen LogP contribution in [-0.4, -0.2) is 165 Å². The summed E-state index contributed by atoms with van der Waals surface area (Å²) in [4.78, 5) is 45.2. The zero-order chi connectivity index (χ0) is 46.3. The van der Waals surface area contributed by atoms with Crippen LogP contribution in [0.4, 0.5) is 4.79 Å². The van der Waals surface area contributed by atoms with Crippen molar-refractivity contribution in [3.05, 3.63) is 0 Å². The lowest BCUT2D eigenvalue weighted by atomic mass is 10.0. The number of rotatable bonds is 8. The normalized spacial score (nSPS) is 25.3. The van der Waals surface area contributed by atoms with E-state index in [2.05, 4.69) is 86.8 Å². The van der Waals surface area contributed by atoms with Crippen molar-refractivity contribution < 1.29 is 38.8 Å². The van der Waals surface area contributed by atoms with Gasteiger partial charge in [-0.15, -0.1) is 0 Å². The van der Waals surface area contributed by atoms with E-state index < -0.39 is 17.7 Å². The SMILES string of the molecule is CC(C)N1CCC(O)CC1.CC(C)N1CCCC(OC=O)C1.CC(C)N1CCCCC1C.CC(C)N1CCCCC1C(=O)OC(=O)OC(C)(C)C.CC(C)N1CCCCC1O. The molecule has 0 aliphatic carbocycles. The summed E-state index contributed by atoms with van der Waals surface area (Å²) < 4.78 is 14.7. The fourth-order valence-corrected chi connectivity index (χ4v) is 8.70. The molecule has 0 radical (unpaired) electrons. The molecule has 0 bridgehead atoms. The number of ether oxygens (including phenoxy) is 3. The van der Waals surface area contributed by atoms with Crippen molar-refractivity contribution in [2.45, 2.75) is 247 Å². The summed E-state index contributed by atoms with van der Waals surface area (Å²) in [5.41, 5.74) is -0.651. The molecule has 0 amide bonds. The van der Waals surface area contributed by atoms with Crippen LogP contribution >= 0.6 is 0 Å². The lowest BCUT2D eigenvalue weighted by Crippen LogP contribution is -2.49. The van der Waals surface area contributed by atoms with Gasteiger partial charge in [0, 0.05) is 62.4 Å².